The van der Waals surface area contributed by atoms with E-state index in [1.165, 1.54) is 6.21 Å². The van der Waals surface area contributed by atoms with Gasteiger partial charge in [-0.2, -0.15) is 0 Å². The van der Waals surface area contributed by atoms with E-state index in [0.29, 0.717) is 12.8 Å². The molecule has 0 rings (SSSR count). The van der Waals surface area contributed by atoms with E-state index in [9.17, 15) is 4.79 Å². The molecule has 0 spiro atoms. The SMILES string of the molecule is CCC(CC)OC(=O)CCC=N. The van der Waals surface area contributed by atoms with Crippen LogP contribution in [0, 0.1) is 5.41 Å². The normalized spacial score (nSPS) is 9.92. The zero-order chi connectivity index (χ0) is 9.40. The summed E-state index contributed by atoms with van der Waals surface area (Å²) in [6.07, 6.45) is 3.84. The second-order valence-electron chi connectivity index (χ2n) is 2.67. The fourth-order valence-electron chi connectivity index (χ4n) is 0.890. The molecule has 12 heavy (non-hydrogen) atoms. The quantitative estimate of drug-likeness (QED) is 0.491. The highest BCUT2D eigenvalue weighted by Gasteiger charge is 2.08. The highest BCUT2D eigenvalue weighted by Crippen LogP contribution is 2.04. The Morgan fingerprint density at radius 3 is 2.50 bits per heavy atom. The lowest BCUT2D eigenvalue weighted by molar-refractivity contribution is -0.149. The Morgan fingerprint density at radius 2 is 2.08 bits per heavy atom. The van der Waals surface area contributed by atoms with Crippen LogP contribution >= 0.6 is 0 Å². The summed E-state index contributed by atoms with van der Waals surface area (Å²) < 4.78 is 5.11. The molecule has 0 saturated heterocycles. The van der Waals surface area contributed by atoms with Gasteiger partial charge in [0.1, 0.15) is 6.10 Å². The van der Waals surface area contributed by atoms with Gasteiger partial charge in [-0.1, -0.05) is 13.8 Å². The summed E-state index contributed by atoms with van der Waals surface area (Å²) in [5.41, 5.74) is 0. The molecule has 0 amide bonds. The van der Waals surface area contributed by atoms with E-state index in [1.54, 1.807) is 0 Å². The molecule has 0 aromatic rings. The number of nitrogens with one attached hydrogen (secondary N) is 1. The summed E-state index contributed by atoms with van der Waals surface area (Å²) >= 11 is 0. The minimum atomic E-state index is -0.188. The van der Waals surface area contributed by atoms with Gasteiger partial charge in [0.25, 0.3) is 0 Å². The first-order chi connectivity index (χ1) is 5.74. The Balaban J connectivity index is 3.58. The molecule has 0 aromatic heterocycles. The summed E-state index contributed by atoms with van der Waals surface area (Å²) in [6.45, 7) is 4.00. The molecule has 3 nitrogen and oxygen atoms in total. The maximum Gasteiger partial charge on any atom is 0.306 e. The second-order valence-corrected chi connectivity index (χ2v) is 2.67. The average molecular weight is 171 g/mol. The van der Waals surface area contributed by atoms with E-state index in [2.05, 4.69) is 0 Å². The molecular formula is C9H17NO2. The van der Waals surface area contributed by atoms with Crippen LogP contribution in [0.1, 0.15) is 39.5 Å². The lowest BCUT2D eigenvalue weighted by atomic mass is 10.2. The van der Waals surface area contributed by atoms with Crippen molar-refractivity contribution in [1.82, 2.24) is 0 Å². The minimum Gasteiger partial charge on any atom is -0.462 e. The lowest BCUT2D eigenvalue weighted by Crippen LogP contribution is -2.16. The fourth-order valence-corrected chi connectivity index (χ4v) is 0.890. The fraction of sp³-hybridized carbons (Fsp3) is 0.778. The molecular weight excluding hydrogens is 154 g/mol. The van der Waals surface area contributed by atoms with E-state index in [4.69, 9.17) is 10.1 Å². The first kappa shape index (κ1) is 11.1. The maximum atomic E-state index is 11.0. The zero-order valence-corrected chi connectivity index (χ0v) is 7.80. The summed E-state index contributed by atoms with van der Waals surface area (Å²) in [5, 5.41) is 6.74. The van der Waals surface area contributed by atoms with Crippen LogP contribution in [0.15, 0.2) is 0 Å². The standard InChI is InChI=1S/C9H17NO2/c1-3-8(4-2)12-9(11)6-5-7-10/h7-8,10H,3-6H2,1-2H3. The summed E-state index contributed by atoms with van der Waals surface area (Å²) in [6, 6.07) is 0. The molecule has 0 saturated carbocycles. The van der Waals surface area contributed by atoms with Crippen molar-refractivity contribution in [3.63, 3.8) is 0 Å². The highest BCUT2D eigenvalue weighted by molar-refractivity contribution is 5.73. The molecule has 0 atom stereocenters. The van der Waals surface area contributed by atoms with Crippen molar-refractivity contribution in [1.29, 1.82) is 5.41 Å². The van der Waals surface area contributed by atoms with Gasteiger partial charge in [0, 0.05) is 0 Å². The van der Waals surface area contributed by atoms with Gasteiger partial charge in [-0.25, -0.2) is 0 Å². The number of esters is 1. The van der Waals surface area contributed by atoms with Gasteiger partial charge in [-0.3, -0.25) is 4.79 Å². The van der Waals surface area contributed by atoms with Crippen LogP contribution in [0.4, 0.5) is 0 Å². The van der Waals surface area contributed by atoms with E-state index in [-0.39, 0.29) is 12.1 Å². The molecule has 0 aliphatic carbocycles. The van der Waals surface area contributed by atoms with Gasteiger partial charge in [0.15, 0.2) is 0 Å². The van der Waals surface area contributed by atoms with Gasteiger partial charge in [0.2, 0.25) is 0 Å². The minimum absolute atomic E-state index is 0.0585. The van der Waals surface area contributed by atoms with E-state index in [1.807, 2.05) is 13.8 Å². The van der Waals surface area contributed by atoms with Gasteiger partial charge in [0.05, 0.1) is 6.42 Å². The van der Waals surface area contributed by atoms with E-state index in [0.717, 1.165) is 12.8 Å². The van der Waals surface area contributed by atoms with Crippen molar-refractivity contribution in [2.24, 2.45) is 0 Å². The third-order valence-corrected chi connectivity index (χ3v) is 1.70. The van der Waals surface area contributed by atoms with Crippen molar-refractivity contribution >= 4 is 12.2 Å². The predicted molar refractivity (Wildman–Crippen MR) is 48.5 cm³/mol. The van der Waals surface area contributed by atoms with E-state index < -0.39 is 0 Å². The Kier molecular flexibility index (Phi) is 6.34. The molecule has 0 heterocycles. The van der Waals surface area contributed by atoms with Crippen LogP contribution < -0.4 is 0 Å². The number of carbonyl (C=O) groups excluding carboxylic acids is 1. The van der Waals surface area contributed by atoms with Gasteiger partial charge in [-0.05, 0) is 25.5 Å². The highest BCUT2D eigenvalue weighted by atomic mass is 16.5. The van der Waals surface area contributed by atoms with Gasteiger partial charge >= 0.3 is 5.97 Å². The first-order valence-corrected chi connectivity index (χ1v) is 4.43. The number of hydrogen-bond acceptors (Lipinski definition) is 3. The predicted octanol–water partition coefficient (Wildman–Crippen LogP) is 2.15. The lowest BCUT2D eigenvalue weighted by Gasteiger charge is -2.13. The number of rotatable bonds is 6. The zero-order valence-electron chi connectivity index (χ0n) is 7.80. The van der Waals surface area contributed by atoms with Crippen LogP contribution in [0.2, 0.25) is 0 Å². The van der Waals surface area contributed by atoms with Crippen molar-refractivity contribution < 1.29 is 9.53 Å². The number of ether oxygens (including phenoxy) is 1. The van der Waals surface area contributed by atoms with Crippen LogP contribution in [-0.2, 0) is 9.53 Å². The molecule has 70 valence electrons. The molecule has 1 N–H and O–H groups in total. The van der Waals surface area contributed by atoms with Crippen LogP contribution in [-0.4, -0.2) is 18.3 Å². The molecule has 0 radical (unpaired) electrons. The van der Waals surface area contributed by atoms with Crippen LogP contribution in [0.3, 0.4) is 0 Å². The maximum absolute atomic E-state index is 11.0. The third kappa shape index (κ3) is 4.88. The largest absolute Gasteiger partial charge is 0.462 e. The molecule has 0 fully saturated rings. The Hall–Kier alpha value is -0.860. The second kappa shape index (κ2) is 6.83. The van der Waals surface area contributed by atoms with E-state index >= 15 is 0 Å². The third-order valence-electron chi connectivity index (χ3n) is 1.70. The first-order valence-electron chi connectivity index (χ1n) is 4.43. The van der Waals surface area contributed by atoms with Gasteiger partial charge < -0.3 is 10.1 Å². The number of carbonyl (C=O) groups is 1. The summed E-state index contributed by atoms with van der Waals surface area (Å²) in [4.78, 5) is 11.0. The topological polar surface area (TPSA) is 50.2 Å². The van der Waals surface area contributed by atoms with Crippen LogP contribution in [0.25, 0.3) is 0 Å². The van der Waals surface area contributed by atoms with Crippen molar-refractivity contribution in [3.8, 4) is 0 Å². The summed E-state index contributed by atoms with van der Waals surface area (Å²) in [7, 11) is 0. The molecule has 0 aliphatic heterocycles. The average Bonchev–Trinajstić information content (AvgIpc) is 2.10. The van der Waals surface area contributed by atoms with Crippen molar-refractivity contribution in [2.75, 3.05) is 0 Å². The van der Waals surface area contributed by atoms with Crippen LogP contribution in [0.5, 0.6) is 0 Å². The number of hydrogen-bond donors (Lipinski definition) is 1. The molecule has 0 aromatic carbocycles. The van der Waals surface area contributed by atoms with Crippen molar-refractivity contribution in [3.05, 3.63) is 0 Å². The van der Waals surface area contributed by atoms with Crippen molar-refractivity contribution in [2.45, 2.75) is 45.6 Å². The Morgan fingerprint density at radius 1 is 1.50 bits per heavy atom. The molecule has 3 heteroatoms. The van der Waals surface area contributed by atoms with Gasteiger partial charge in [-0.15, -0.1) is 0 Å². The summed E-state index contributed by atoms with van der Waals surface area (Å²) in [5.74, 6) is -0.188. The molecule has 0 unspecified atom stereocenters. The Bertz CT molecular complexity index is 141. The smallest absolute Gasteiger partial charge is 0.306 e. The monoisotopic (exact) mass is 171 g/mol. The molecule has 0 bridgehead atoms. The molecule has 0 aliphatic rings. The Labute approximate surface area is 73.6 Å².